The Morgan fingerprint density at radius 1 is 1.18 bits per heavy atom. The average molecular weight is 232 g/mol. The molecular formula is C15H24N2. The number of anilines is 1. The van der Waals surface area contributed by atoms with E-state index in [0.717, 1.165) is 12.5 Å². The molecule has 2 heteroatoms. The van der Waals surface area contributed by atoms with Gasteiger partial charge in [0.25, 0.3) is 0 Å². The fourth-order valence-electron chi connectivity index (χ4n) is 2.85. The summed E-state index contributed by atoms with van der Waals surface area (Å²) in [4.78, 5) is 2.40. The maximum absolute atomic E-state index is 5.95. The summed E-state index contributed by atoms with van der Waals surface area (Å²) >= 11 is 0. The first-order valence-corrected chi connectivity index (χ1v) is 6.69. The van der Waals surface area contributed by atoms with Crippen LogP contribution in [0, 0.1) is 12.8 Å². The highest BCUT2D eigenvalue weighted by atomic mass is 15.1. The Balaban J connectivity index is 1.93. The number of hydrogen-bond donors (Lipinski definition) is 1. The number of aryl methyl sites for hydroxylation is 1. The number of para-hydroxylation sites is 1. The highest BCUT2D eigenvalue weighted by molar-refractivity contribution is 5.52. The topological polar surface area (TPSA) is 29.3 Å². The molecule has 0 aliphatic heterocycles. The SMILES string of the molecule is Cc1ccccc1N(C)CC1CCC(N)CC1. The second-order valence-corrected chi connectivity index (χ2v) is 5.45. The van der Waals surface area contributed by atoms with E-state index in [0.29, 0.717) is 6.04 Å². The molecule has 2 rings (SSSR count). The van der Waals surface area contributed by atoms with Gasteiger partial charge in [-0.2, -0.15) is 0 Å². The van der Waals surface area contributed by atoms with E-state index in [4.69, 9.17) is 5.73 Å². The third kappa shape index (κ3) is 3.22. The van der Waals surface area contributed by atoms with Crippen molar-refractivity contribution in [2.24, 2.45) is 11.7 Å². The molecule has 1 aliphatic carbocycles. The lowest BCUT2D eigenvalue weighted by molar-refractivity contribution is 0.330. The van der Waals surface area contributed by atoms with Gasteiger partial charge in [-0.25, -0.2) is 0 Å². The molecule has 0 bridgehead atoms. The molecule has 0 unspecified atom stereocenters. The predicted octanol–water partition coefficient (Wildman–Crippen LogP) is 2.95. The van der Waals surface area contributed by atoms with Gasteiger partial charge in [0.05, 0.1) is 0 Å². The Labute approximate surface area is 105 Å². The van der Waals surface area contributed by atoms with E-state index in [1.54, 1.807) is 0 Å². The molecule has 0 amide bonds. The Kier molecular flexibility index (Phi) is 4.06. The van der Waals surface area contributed by atoms with E-state index in [9.17, 15) is 0 Å². The maximum Gasteiger partial charge on any atom is 0.0393 e. The summed E-state index contributed by atoms with van der Waals surface area (Å²) < 4.78 is 0. The molecule has 2 N–H and O–H groups in total. The van der Waals surface area contributed by atoms with Crippen LogP contribution in [0.5, 0.6) is 0 Å². The van der Waals surface area contributed by atoms with Crippen LogP contribution < -0.4 is 10.6 Å². The molecule has 0 aromatic heterocycles. The molecule has 0 radical (unpaired) electrons. The zero-order valence-corrected chi connectivity index (χ0v) is 11.0. The molecular weight excluding hydrogens is 208 g/mol. The minimum absolute atomic E-state index is 0.454. The standard InChI is InChI=1S/C15H24N2/c1-12-5-3-4-6-15(12)17(2)11-13-7-9-14(16)10-8-13/h3-6,13-14H,7-11,16H2,1-2H3. The molecule has 1 aliphatic rings. The third-order valence-electron chi connectivity index (χ3n) is 3.95. The molecule has 0 saturated heterocycles. The number of benzene rings is 1. The summed E-state index contributed by atoms with van der Waals surface area (Å²) in [5.74, 6) is 0.819. The van der Waals surface area contributed by atoms with Crippen LogP contribution in [0.1, 0.15) is 31.2 Å². The Morgan fingerprint density at radius 3 is 2.47 bits per heavy atom. The summed E-state index contributed by atoms with van der Waals surface area (Å²) in [6.45, 7) is 3.35. The molecule has 1 fully saturated rings. The summed E-state index contributed by atoms with van der Waals surface area (Å²) in [5.41, 5.74) is 8.68. The first-order chi connectivity index (χ1) is 8.16. The van der Waals surface area contributed by atoms with Gasteiger partial charge in [-0.3, -0.25) is 0 Å². The van der Waals surface area contributed by atoms with Crippen LogP contribution in [0.2, 0.25) is 0 Å². The number of nitrogens with two attached hydrogens (primary N) is 1. The molecule has 0 spiro atoms. The normalized spacial score (nSPS) is 24.6. The van der Waals surface area contributed by atoms with E-state index in [2.05, 4.69) is 43.1 Å². The first-order valence-electron chi connectivity index (χ1n) is 6.69. The lowest BCUT2D eigenvalue weighted by atomic mass is 9.86. The quantitative estimate of drug-likeness (QED) is 0.868. The van der Waals surface area contributed by atoms with Crippen LogP contribution in [0.4, 0.5) is 5.69 Å². The fourth-order valence-corrected chi connectivity index (χ4v) is 2.85. The number of hydrogen-bond acceptors (Lipinski definition) is 2. The summed E-state index contributed by atoms with van der Waals surface area (Å²) in [6, 6.07) is 9.07. The molecule has 2 nitrogen and oxygen atoms in total. The van der Waals surface area contributed by atoms with Crippen LogP contribution in [0.3, 0.4) is 0 Å². The molecule has 0 atom stereocenters. The molecule has 1 saturated carbocycles. The average Bonchev–Trinajstić information content (AvgIpc) is 2.32. The Hall–Kier alpha value is -1.02. The zero-order valence-electron chi connectivity index (χ0n) is 11.0. The van der Waals surface area contributed by atoms with Gasteiger partial charge in [0, 0.05) is 25.3 Å². The monoisotopic (exact) mass is 232 g/mol. The van der Waals surface area contributed by atoms with Gasteiger partial charge in [0.15, 0.2) is 0 Å². The smallest absolute Gasteiger partial charge is 0.0393 e. The lowest BCUT2D eigenvalue weighted by Gasteiger charge is -2.31. The number of rotatable bonds is 3. The van der Waals surface area contributed by atoms with Crippen LogP contribution in [0.15, 0.2) is 24.3 Å². The highest BCUT2D eigenvalue weighted by Crippen LogP contribution is 2.26. The van der Waals surface area contributed by atoms with Gasteiger partial charge in [-0.1, -0.05) is 18.2 Å². The third-order valence-corrected chi connectivity index (χ3v) is 3.95. The van der Waals surface area contributed by atoms with Crippen molar-refractivity contribution < 1.29 is 0 Å². The summed E-state index contributed by atoms with van der Waals surface area (Å²) in [7, 11) is 2.21. The van der Waals surface area contributed by atoms with Crippen molar-refractivity contribution in [2.75, 3.05) is 18.5 Å². The van der Waals surface area contributed by atoms with Gasteiger partial charge in [0.2, 0.25) is 0 Å². The van der Waals surface area contributed by atoms with Crippen molar-refractivity contribution in [3.8, 4) is 0 Å². The minimum Gasteiger partial charge on any atom is -0.374 e. The lowest BCUT2D eigenvalue weighted by Crippen LogP contribution is -2.32. The summed E-state index contributed by atoms with van der Waals surface area (Å²) in [5, 5.41) is 0. The Morgan fingerprint density at radius 2 is 1.82 bits per heavy atom. The summed E-state index contributed by atoms with van der Waals surface area (Å²) in [6.07, 6.45) is 4.98. The van der Waals surface area contributed by atoms with E-state index in [-0.39, 0.29) is 0 Å². The van der Waals surface area contributed by atoms with Crippen molar-refractivity contribution in [3.05, 3.63) is 29.8 Å². The van der Waals surface area contributed by atoms with Crippen molar-refractivity contribution in [3.63, 3.8) is 0 Å². The van der Waals surface area contributed by atoms with Crippen LogP contribution >= 0.6 is 0 Å². The van der Waals surface area contributed by atoms with E-state index in [1.807, 2.05) is 0 Å². The van der Waals surface area contributed by atoms with Crippen LogP contribution in [0.25, 0.3) is 0 Å². The van der Waals surface area contributed by atoms with Gasteiger partial charge < -0.3 is 10.6 Å². The Bertz CT molecular complexity index is 354. The molecule has 94 valence electrons. The van der Waals surface area contributed by atoms with Crippen LogP contribution in [-0.4, -0.2) is 19.6 Å². The van der Waals surface area contributed by atoms with E-state index < -0.39 is 0 Å². The minimum atomic E-state index is 0.454. The van der Waals surface area contributed by atoms with Crippen molar-refractivity contribution in [1.82, 2.24) is 0 Å². The molecule has 1 aromatic rings. The fraction of sp³-hybridized carbons (Fsp3) is 0.600. The van der Waals surface area contributed by atoms with Gasteiger partial charge in [-0.15, -0.1) is 0 Å². The molecule has 0 heterocycles. The predicted molar refractivity (Wildman–Crippen MR) is 74.4 cm³/mol. The van der Waals surface area contributed by atoms with Gasteiger partial charge in [0.1, 0.15) is 0 Å². The van der Waals surface area contributed by atoms with Gasteiger partial charge >= 0.3 is 0 Å². The number of nitrogens with zero attached hydrogens (tertiary/aromatic N) is 1. The zero-order chi connectivity index (χ0) is 12.3. The first kappa shape index (κ1) is 12.4. The second kappa shape index (κ2) is 5.54. The van der Waals surface area contributed by atoms with Crippen LogP contribution in [-0.2, 0) is 0 Å². The van der Waals surface area contributed by atoms with Crippen molar-refractivity contribution >= 4 is 5.69 Å². The molecule has 17 heavy (non-hydrogen) atoms. The van der Waals surface area contributed by atoms with E-state index >= 15 is 0 Å². The second-order valence-electron chi connectivity index (χ2n) is 5.45. The van der Waals surface area contributed by atoms with Gasteiger partial charge in [-0.05, 0) is 50.2 Å². The van der Waals surface area contributed by atoms with E-state index in [1.165, 1.54) is 36.9 Å². The highest BCUT2D eigenvalue weighted by Gasteiger charge is 2.20. The maximum atomic E-state index is 5.95. The van der Waals surface area contributed by atoms with Crippen molar-refractivity contribution in [2.45, 2.75) is 38.6 Å². The van der Waals surface area contributed by atoms with Crippen molar-refractivity contribution in [1.29, 1.82) is 0 Å². The molecule has 1 aromatic carbocycles. The largest absolute Gasteiger partial charge is 0.374 e.